The highest BCUT2D eigenvalue weighted by atomic mass is 16.1. The Morgan fingerprint density at radius 2 is 2.29 bits per heavy atom. The van der Waals surface area contributed by atoms with Gasteiger partial charge in [-0.05, 0) is 20.5 Å². The standard InChI is InChI=1S/C10H17N3O/c1-4-6-13-7-5-11-10(13)9(14)8-12(2)3/h5,7H,4,6,8H2,1-3H3. The van der Waals surface area contributed by atoms with Gasteiger partial charge in [-0.2, -0.15) is 0 Å². The molecule has 0 unspecified atom stereocenters. The number of imidazole rings is 1. The van der Waals surface area contributed by atoms with E-state index in [0.29, 0.717) is 12.4 Å². The number of carbonyl (C=O) groups is 1. The van der Waals surface area contributed by atoms with Gasteiger partial charge in [0.05, 0.1) is 6.54 Å². The van der Waals surface area contributed by atoms with Gasteiger partial charge in [-0.15, -0.1) is 0 Å². The first-order chi connectivity index (χ1) is 6.65. The lowest BCUT2D eigenvalue weighted by molar-refractivity contribution is 0.0943. The quantitative estimate of drug-likeness (QED) is 0.659. The summed E-state index contributed by atoms with van der Waals surface area (Å²) in [4.78, 5) is 17.6. The summed E-state index contributed by atoms with van der Waals surface area (Å²) in [5.74, 6) is 0.647. The van der Waals surface area contributed by atoms with E-state index in [1.807, 2.05) is 29.8 Å². The molecular formula is C10H17N3O. The van der Waals surface area contributed by atoms with Gasteiger partial charge in [-0.3, -0.25) is 4.79 Å². The molecule has 0 aliphatic rings. The number of carbonyl (C=O) groups excluding carboxylic acids is 1. The first-order valence-corrected chi connectivity index (χ1v) is 4.84. The molecule has 78 valence electrons. The molecule has 0 fully saturated rings. The highest BCUT2D eigenvalue weighted by Gasteiger charge is 2.12. The SMILES string of the molecule is CCCn1ccnc1C(=O)CN(C)C. The van der Waals surface area contributed by atoms with Crippen molar-refractivity contribution in [1.29, 1.82) is 0 Å². The summed E-state index contributed by atoms with van der Waals surface area (Å²) in [6.45, 7) is 3.36. The molecule has 0 amide bonds. The van der Waals surface area contributed by atoms with Crippen molar-refractivity contribution in [2.45, 2.75) is 19.9 Å². The van der Waals surface area contributed by atoms with Crippen LogP contribution in [-0.2, 0) is 6.54 Å². The molecule has 0 spiro atoms. The Bertz CT molecular complexity index is 304. The summed E-state index contributed by atoms with van der Waals surface area (Å²) in [5, 5.41) is 0. The molecule has 0 bridgehead atoms. The average molecular weight is 195 g/mol. The van der Waals surface area contributed by atoms with Crippen LogP contribution in [0, 0.1) is 0 Å². The number of Topliss-reactive ketones (excluding diaryl/α,β-unsaturated/α-hetero) is 1. The van der Waals surface area contributed by atoms with E-state index in [9.17, 15) is 4.79 Å². The van der Waals surface area contributed by atoms with E-state index in [2.05, 4.69) is 11.9 Å². The fraction of sp³-hybridized carbons (Fsp3) is 0.600. The van der Waals surface area contributed by atoms with Gasteiger partial charge >= 0.3 is 0 Å². The molecule has 0 aromatic carbocycles. The lowest BCUT2D eigenvalue weighted by Gasteiger charge is -2.09. The Balaban J connectivity index is 2.73. The van der Waals surface area contributed by atoms with Crippen molar-refractivity contribution < 1.29 is 4.79 Å². The van der Waals surface area contributed by atoms with Gasteiger partial charge in [-0.25, -0.2) is 4.98 Å². The van der Waals surface area contributed by atoms with Crippen molar-refractivity contribution in [2.24, 2.45) is 0 Å². The molecule has 14 heavy (non-hydrogen) atoms. The van der Waals surface area contributed by atoms with Crippen LogP contribution in [0.5, 0.6) is 0 Å². The van der Waals surface area contributed by atoms with E-state index in [1.165, 1.54) is 0 Å². The van der Waals surface area contributed by atoms with Gasteiger partial charge in [0.15, 0.2) is 5.82 Å². The average Bonchev–Trinajstić information content (AvgIpc) is 2.51. The highest BCUT2D eigenvalue weighted by molar-refractivity contribution is 5.94. The lowest BCUT2D eigenvalue weighted by Crippen LogP contribution is -2.24. The number of aromatic nitrogens is 2. The molecule has 0 saturated carbocycles. The van der Waals surface area contributed by atoms with Crippen molar-refractivity contribution in [3.63, 3.8) is 0 Å². The van der Waals surface area contributed by atoms with Crippen LogP contribution in [0.25, 0.3) is 0 Å². The van der Waals surface area contributed by atoms with Crippen molar-refractivity contribution in [2.75, 3.05) is 20.6 Å². The normalized spacial score (nSPS) is 10.9. The molecule has 0 radical (unpaired) electrons. The molecule has 1 heterocycles. The molecule has 0 atom stereocenters. The smallest absolute Gasteiger partial charge is 0.212 e. The molecule has 1 aromatic rings. The minimum atomic E-state index is 0.0773. The Morgan fingerprint density at radius 1 is 1.57 bits per heavy atom. The molecule has 4 nitrogen and oxygen atoms in total. The second-order valence-electron chi connectivity index (χ2n) is 3.61. The predicted octanol–water partition coefficient (Wildman–Crippen LogP) is 1.04. The topological polar surface area (TPSA) is 38.1 Å². The largest absolute Gasteiger partial charge is 0.328 e. The minimum Gasteiger partial charge on any atom is -0.328 e. The van der Waals surface area contributed by atoms with Crippen LogP contribution in [0.1, 0.15) is 24.0 Å². The maximum Gasteiger partial charge on any atom is 0.212 e. The zero-order valence-corrected chi connectivity index (χ0v) is 9.03. The summed E-state index contributed by atoms with van der Waals surface area (Å²) in [6.07, 6.45) is 4.55. The summed E-state index contributed by atoms with van der Waals surface area (Å²) in [7, 11) is 3.76. The number of rotatable bonds is 5. The lowest BCUT2D eigenvalue weighted by atomic mass is 10.3. The zero-order chi connectivity index (χ0) is 10.6. The van der Waals surface area contributed by atoms with E-state index in [-0.39, 0.29) is 5.78 Å². The van der Waals surface area contributed by atoms with Crippen molar-refractivity contribution in [1.82, 2.24) is 14.5 Å². The van der Waals surface area contributed by atoms with Gasteiger partial charge in [0, 0.05) is 18.9 Å². The fourth-order valence-corrected chi connectivity index (χ4v) is 1.34. The van der Waals surface area contributed by atoms with Crippen molar-refractivity contribution in [3.05, 3.63) is 18.2 Å². The van der Waals surface area contributed by atoms with Crippen LogP contribution in [0.2, 0.25) is 0 Å². The fourth-order valence-electron chi connectivity index (χ4n) is 1.34. The van der Waals surface area contributed by atoms with Gasteiger partial charge in [0.2, 0.25) is 5.78 Å². The molecule has 0 saturated heterocycles. The maximum atomic E-state index is 11.7. The molecule has 4 heteroatoms. The van der Waals surface area contributed by atoms with Crippen LogP contribution in [0.3, 0.4) is 0 Å². The Kier molecular flexibility index (Phi) is 3.83. The summed E-state index contributed by atoms with van der Waals surface area (Å²) in [5.41, 5.74) is 0. The summed E-state index contributed by atoms with van der Waals surface area (Å²) in [6, 6.07) is 0. The van der Waals surface area contributed by atoms with E-state index >= 15 is 0 Å². The van der Waals surface area contributed by atoms with Gasteiger partial charge in [0.25, 0.3) is 0 Å². The molecule has 1 rings (SSSR count). The van der Waals surface area contributed by atoms with Gasteiger partial charge in [-0.1, -0.05) is 6.92 Å². The van der Waals surface area contributed by atoms with Crippen LogP contribution >= 0.6 is 0 Å². The highest BCUT2D eigenvalue weighted by Crippen LogP contribution is 2.01. The first-order valence-electron chi connectivity index (χ1n) is 4.84. The van der Waals surface area contributed by atoms with E-state index in [1.54, 1.807) is 6.20 Å². The third kappa shape index (κ3) is 2.67. The zero-order valence-electron chi connectivity index (χ0n) is 9.03. The number of likely N-dealkylation sites (N-methyl/N-ethyl adjacent to an activating group) is 1. The molecule has 0 aliphatic carbocycles. The molecular weight excluding hydrogens is 178 g/mol. The maximum absolute atomic E-state index is 11.7. The predicted molar refractivity (Wildman–Crippen MR) is 55.4 cm³/mol. The first kappa shape index (κ1) is 10.9. The summed E-state index contributed by atoms with van der Waals surface area (Å²) < 4.78 is 1.91. The third-order valence-electron chi connectivity index (χ3n) is 1.89. The van der Waals surface area contributed by atoms with Crippen molar-refractivity contribution >= 4 is 5.78 Å². The minimum absolute atomic E-state index is 0.0773. The molecule has 0 N–H and O–H groups in total. The van der Waals surface area contributed by atoms with Crippen molar-refractivity contribution in [3.8, 4) is 0 Å². The van der Waals surface area contributed by atoms with Gasteiger partial charge in [0.1, 0.15) is 0 Å². The van der Waals surface area contributed by atoms with Crippen LogP contribution < -0.4 is 0 Å². The van der Waals surface area contributed by atoms with E-state index < -0.39 is 0 Å². The van der Waals surface area contributed by atoms with E-state index in [0.717, 1.165) is 13.0 Å². The Hall–Kier alpha value is -1.16. The monoisotopic (exact) mass is 195 g/mol. The summed E-state index contributed by atoms with van der Waals surface area (Å²) >= 11 is 0. The molecule has 0 aliphatic heterocycles. The number of ketones is 1. The second kappa shape index (κ2) is 4.91. The van der Waals surface area contributed by atoms with Gasteiger partial charge < -0.3 is 9.47 Å². The Labute approximate surface area is 84.5 Å². The number of hydrogen-bond acceptors (Lipinski definition) is 3. The van der Waals surface area contributed by atoms with E-state index in [4.69, 9.17) is 0 Å². The van der Waals surface area contributed by atoms with Crippen LogP contribution in [0.4, 0.5) is 0 Å². The Morgan fingerprint density at radius 3 is 2.86 bits per heavy atom. The second-order valence-corrected chi connectivity index (χ2v) is 3.61. The number of hydrogen-bond donors (Lipinski definition) is 0. The van der Waals surface area contributed by atoms with Crippen LogP contribution in [0.15, 0.2) is 12.4 Å². The number of nitrogens with zero attached hydrogens (tertiary/aromatic N) is 3. The molecule has 1 aromatic heterocycles. The number of aryl methyl sites for hydroxylation is 1. The third-order valence-corrected chi connectivity index (χ3v) is 1.89. The van der Waals surface area contributed by atoms with Crippen LogP contribution in [-0.4, -0.2) is 40.9 Å².